The highest BCUT2D eigenvalue weighted by molar-refractivity contribution is 7.91. The molecular weight excluding hydrogens is 294 g/mol. The Hall–Kier alpha value is -2.33. The number of nitrogens with one attached hydrogen (secondary N) is 1. The third kappa shape index (κ3) is 2.46. The van der Waals surface area contributed by atoms with Gasteiger partial charge in [0.15, 0.2) is 9.84 Å². The van der Waals surface area contributed by atoms with E-state index in [1.54, 1.807) is 18.3 Å². The van der Waals surface area contributed by atoms with E-state index in [9.17, 15) is 8.42 Å². The molecule has 0 radical (unpaired) electrons. The molecule has 2 aromatic carbocycles. The number of hydrogen-bond acceptors (Lipinski definition) is 2. The minimum Gasteiger partial charge on any atom is -0.361 e. The largest absolute Gasteiger partial charge is 0.361 e. The van der Waals surface area contributed by atoms with Gasteiger partial charge in [-0.2, -0.15) is 0 Å². The lowest BCUT2D eigenvalue weighted by atomic mass is 10.1. The molecular formula is C18H17NO2S. The molecule has 4 heteroatoms. The number of aryl methyl sites for hydroxylation is 1. The topological polar surface area (TPSA) is 49.9 Å². The number of aromatic amines is 1. The Balaban J connectivity index is 2.09. The summed E-state index contributed by atoms with van der Waals surface area (Å²) in [6, 6.07) is 14.6. The standard InChI is InChI=1S/C18H17NO2S/c1-3-18(15-6-4-13(2)5-7-15)22(20,21)16-9-8-14-10-11-19-17(14)12-16/h3-12,18-19H,1H2,2H3. The number of sulfone groups is 1. The third-order valence-corrected chi connectivity index (χ3v) is 5.85. The Bertz CT molecular complexity index is 921. The zero-order valence-corrected chi connectivity index (χ0v) is 13.1. The molecule has 22 heavy (non-hydrogen) atoms. The first-order valence-electron chi connectivity index (χ1n) is 7.02. The van der Waals surface area contributed by atoms with Gasteiger partial charge in [0.1, 0.15) is 5.25 Å². The molecule has 3 nitrogen and oxygen atoms in total. The lowest BCUT2D eigenvalue weighted by Gasteiger charge is -2.15. The predicted molar refractivity (Wildman–Crippen MR) is 89.6 cm³/mol. The van der Waals surface area contributed by atoms with E-state index in [0.29, 0.717) is 4.90 Å². The van der Waals surface area contributed by atoms with Crippen molar-refractivity contribution in [1.29, 1.82) is 0 Å². The van der Waals surface area contributed by atoms with Crippen LogP contribution in [-0.2, 0) is 9.84 Å². The molecule has 1 heterocycles. The number of fused-ring (bicyclic) bond motifs is 1. The van der Waals surface area contributed by atoms with Crippen molar-refractivity contribution >= 4 is 20.7 Å². The van der Waals surface area contributed by atoms with Crippen LogP contribution in [0.15, 0.2) is 72.3 Å². The molecule has 1 N–H and O–H groups in total. The molecule has 0 aliphatic heterocycles. The van der Waals surface area contributed by atoms with Gasteiger partial charge in [-0.1, -0.05) is 42.0 Å². The molecule has 0 amide bonds. The summed E-state index contributed by atoms with van der Waals surface area (Å²) in [4.78, 5) is 3.34. The Morgan fingerprint density at radius 3 is 2.50 bits per heavy atom. The van der Waals surface area contributed by atoms with E-state index in [1.165, 1.54) is 6.08 Å². The average molecular weight is 311 g/mol. The molecule has 1 aromatic heterocycles. The Morgan fingerprint density at radius 1 is 1.09 bits per heavy atom. The van der Waals surface area contributed by atoms with Crippen molar-refractivity contribution in [2.24, 2.45) is 0 Å². The molecule has 1 atom stereocenters. The molecule has 1 unspecified atom stereocenters. The maximum Gasteiger partial charge on any atom is 0.189 e. The van der Waals surface area contributed by atoms with Crippen molar-refractivity contribution in [2.75, 3.05) is 0 Å². The maximum absolute atomic E-state index is 12.9. The Kier molecular flexibility index (Phi) is 3.62. The molecule has 0 saturated carbocycles. The van der Waals surface area contributed by atoms with Crippen molar-refractivity contribution in [3.05, 3.63) is 78.5 Å². The van der Waals surface area contributed by atoms with E-state index in [2.05, 4.69) is 11.6 Å². The minimum atomic E-state index is -3.52. The van der Waals surface area contributed by atoms with E-state index < -0.39 is 15.1 Å². The lowest BCUT2D eigenvalue weighted by Crippen LogP contribution is -2.11. The van der Waals surface area contributed by atoms with Gasteiger partial charge in [-0.25, -0.2) is 8.42 Å². The number of aromatic nitrogens is 1. The average Bonchev–Trinajstić information content (AvgIpc) is 2.97. The van der Waals surface area contributed by atoms with Crippen molar-refractivity contribution in [2.45, 2.75) is 17.1 Å². The van der Waals surface area contributed by atoms with E-state index in [1.807, 2.05) is 43.3 Å². The smallest absolute Gasteiger partial charge is 0.189 e. The van der Waals surface area contributed by atoms with Crippen LogP contribution < -0.4 is 0 Å². The molecule has 0 saturated heterocycles. The van der Waals surface area contributed by atoms with Gasteiger partial charge >= 0.3 is 0 Å². The van der Waals surface area contributed by atoms with E-state index in [-0.39, 0.29) is 0 Å². The molecule has 3 aromatic rings. The molecule has 0 aliphatic carbocycles. The van der Waals surface area contributed by atoms with Gasteiger partial charge in [-0.15, -0.1) is 6.58 Å². The highest BCUT2D eigenvalue weighted by atomic mass is 32.2. The summed E-state index contributed by atoms with van der Waals surface area (Å²) < 4.78 is 25.9. The summed E-state index contributed by atoms with van der Waals surface area (Å²) in [5, 5.41) is 0.241. The van der Waals surface area contributed by atoms with Crippen molar-refractivity contribution in [3.63, 3.8) is 0 Å². The fourth-order valence-electron chi connectivity index (χ4n) is 2.55. The zero-order valence-electron chi connectivity index (χ0n) is 12.3. The van der Waals surface area contributed by atoms with Crippen LogP contribution in [0, 0.1) is 6.92 Å². The fourth-order valence-corrected chi connectivity index (χ4v) is 4.15. The lowest BCUT2D eigenvalue weighted by molar-refractivity contribution is 0.590. The Morgan fingerprint density at radius 2 is 1.82 bits per heavy atom. The van der Waals surface area contributed by atoms with Crippen LogP contribution in [-0.4, -0.2) is 13.4 Å². The van der Waals surface area contributed by atoms with Gasteiger partial charge in [0, 0.05) is 11.7 Å². The summed E-state index contributed by atoms with van der Waals surface area (Å²) in [7, 11) is -3.52. The highest BCUT2D eigenvalue weighted by Crippen LogP contribution is 2.31. The number of benzene rings is 2. The van der Waals surface area contributed by atoms with E-state index in [4.69, 9.17) is 0 Å². The van der Waals surface area contributed by atoms with Crippen molar-refractivity contribution in [1.82, 2.24) is 4.98 Å². The monoisotopic (exact) mass is 311 g/mol. The van der Waals surface area contributed by atoms with Crippen LogP contribution in [0.2, 0.25) is 0 Å². The number of hydrogen-bond donors (Lipinski definition) is 1. The second-order valence-electron chi connectivity index (χ2n) is 5.34. The summed E-state index contributed by atoms with van der Waals surface area (Å²) in [5.74, 6) is 0. The minimum absolute atomic E-state index is 0.299. The molecule has 112 valence electrons. The first kappa shape index (κ1) is 14.6. The molecule has 0 spiro atoms. The van der Waals surface area contributed by atoms with Gasteiger partial charge in [0.25, 0.3) is 0 Å². The molecule has 0 bridgehead atoms. The fraction of sp³-hybridized carbons (Fsp3) is 0.111. The second kappa shape index (κ2) is 5.46. The predicted octanol–water partition coefficient (Wildman–Crippen LogP) is 4.18. The van der Waals surface area contributed by atoms with Crippen LogP contribution in [0.5, 0.6) is 0 Å². The molecule has 3 rings (SSSR count). The molecule has 0 aliphatic rings. The second-order valence-corrected chi connectivity index (χ2v) is 7.41. The number of H-pyrrole nitrogens is 1. The van der Waals surface area contributed by atoms with Crippen LogP contribution >= 0.6 is 0 Å². The number of rotatable bonds is 4. The third-order valence-electron chi connectivity index (χ3n) is 3.81. The Labute approximate surface area is 130 Å². The van der Waals surface area contributed by atoms with E-state index >= 15 is 0 Å². The van der Waals surface area contributed by atoms with Gasteiger partial charge in [-0.05, 0) is 36.1 Å². The van der Waals surface area contributed by atoms with Crippen molar-refractivity contribution in [3.8, 4) is 0 Å². The summed E-state index contributed by atoms with van der Waals surface area (Å²) in [5.41, 5.74) is 2.64. The van der Waals surface area contributed by atoms with E-state index in [0.717, 1.165) is 22.0 Å². The van der Waals surface area contributed by atoms with Crippen LogP contribution in [0.4, 0.5) is 0 Å². The summed E-state index contributed by atoms with van der Waals surface area (Å²) in [6.45, 7) is 5.69. The summed E-state index contributed by atoms with van der Waals surface area (Å²) >= 11 is 0. The summed E-state index contributed by atoms with van der Waals surface area (Å²) in [6.07, 6.45) is 3.28. The zero-order chi connectivity index (χ0) is 15.7. The molecule has 0 fully saturated rings. The van der Waals surface area contributed by atoms with Crippen LogP contribution in [0.25, 0.3) is 10.9 Å². The van der Waals surface area contributed by atoms with Crippen LogP contribution in [0.3, 0.4) is 0 Å². The van der Waals surface area contributed by atoms with Crippen molar-refractivity contribution < 1.29 is 8.42 Å². The van der Waals surface area contributed by atoms with Gasteiger partial charge in [0.05, 0.1) is 4.90 Å². The highest BCUT2D eigenvalue weighted by Gasteiger charge is 2.26. The van der Waals surface area contributed by atoms with Gasteiger partial charge < -0.3 is 4.98 Å². The normalized spacial score (nSPS) is 13.1. The first-order valence-corrected chi connectivity index (χ1v) is 8.57. The maximum atomic E-state index is 12.9. The van der Waals surface area contributed by atoms with Gasteiger partial charge in [0.2, 0.25) is 0 Å². The SMILES string of the molecule is C=CC(c1ccc(C)cc1)S(=O)(=O)c1ccc2cc[nH]c2c1. The van der Waals surface area contributed by atoms with Gasteiger partial charge in [-0.3, -0.25) is 0 Å². The first-order chi connectivity index (χ1) is 10.5. The van der Waals surface area contributed by atoms with Crippen LogP contribution in [0.1, 0.15) is 16.4 Å². The quantitative estimate of drug-likeness (QED) is 0.735.